The van der Waals surface area contributed by atoms with Crippen LogP contribution in [0.1, 0.15) is 81.2 Å². The second kappa shape index (κ2) is 18.3. The van der Waals surface area contributed by atoms with Gasteiger partial charge < -0.3 is 29.2 Å². The van der Waals surface area contributed by atoms with Crippen molar-refractivity contribution in [2.75, 3.05) is 54.3 Å². The second-order valence-corrected chi connectivity index (χ2v) is 16.1. The molecule has 4 amide bonds. The highest BCUT2D eigenvalue weighted by molar-refractivity contribution is 7.81. The molecule has 63 heavy (non-hydrogen) atoms. The molecule has 0 spiro atoms. The zero-order valence-electron chi connectivity index (χ0n) is 34.7. The Kier molecular flexibility index (Phi) is 12.5. The van der Waals surface area contributed by atoms with Crippen LogP contribution >= 0.6 is 12.8 Å². The Balaban J connectivity index is 0.000000540. The molecule has 0 aliphatic carbocycles. The van der Waals surface area contributed by atoms with Crippen LogP contribution in [0.2, 0.25) is 0 Å². The number of aryl methyl sites for hydroxylation is 1. The number of cyclic esters (lactones) is 1. The van der Waals surface area contributed by atoms with Gasteiger partial charge in [-0.05, 0) is 75.5 Å². The number of aliphatic hydroxyl groups excluding tert-OH is 1. The predicted molar refractivity (Wildman–Crippen MR) is 233 cm³/mol. The maximum absolute atomic E-state index is 13.6. The highest BCUT2D eigenvalue weighted by Crippen LogP contribution is 2.38. The van der Waals surface area contributed by atoms with Crippen LogP contribution < -0.4 is 20.3 Å². The number of piperidine rings is 1. The lowest BCUT2D eigenvalue weighted by molar-refractivity contribution is -0.136. The molecule has 18 nitrogen and oxygen atoms in total. The van der Waals surface area contributed by atoms with Gasteiger partial charge in [-0.3, -0.25) is 34.3 Å². The fraction of sp³-hybridized carbons (Fsp3) is 0.341. The molecule has 3 aromatic carbocycles. The molecule has 0 bridgehead atoms. The van der Waals surface area contributed by atoms with Crippen molar-refractivity contribution in [3.8, 4) is 11.5 Å². The third kappa shape index (κ3) is 9.11. The minimum atomic E-state index is -1.01. The summed E-state index contributed by atoms with van der Waals surface area (Å²) in [5, 5.41) is 22.4. The largest absolute Gasteiger partial charge is 0.451 e. The summed E-state index contributed by atoms with van der Waals surface area (Å²) in [7, 11) is 0. The van der Waals surface area contributed by atoms with Crippen LogP contribution in [0, 0.1) is 0 Å². The Morgan fingerprint density at radius 3 is 2.44 bits per heavy atom. The molecular weight excluding hydrogens is 829 g/mol. The molecular formula is C44H46N10O8S. The zero-order chi connectivity index (χ0) is 44.3. The lowest BCUT2D eigenvalue weighted by Crippen LogP contribution is -2.54. The Morgan fingerprint density at radius 1 is 0.905 bits per heavy atom. The molecule has 4 aliphatic rings. The number of aromatic nitrogens is 4. The number of aliphatic hydroxyl groups is 1. The van der Waals surface area contributed by atoms with Crippen molar-refractivity contribution in [2.45, 2.75) is 57.6 Å². The smallest absolute Gasteiger partial charge is 0.339 e. The summed E-state index contributed by atoms with van der Waals surface area (Å²) in [6.45, 7) is 7.46. The maximum atomic E-state index is 13.6. The molecule has 1 atom stereocenters. The summed E-state index contributed by atoms with van der Waals surface area (Å²) in [5.41, 5.74) is 4.17. The molecule has 5 aromatic rings. The third-order valence-electron chi connectivity index (χ3n) is 11.4. The van der Waals surface area contributed by atoms with E-state index in [1.54, 1.807) is 30.5 Å². The Labute approximate surface area is 368 Å². The normalized spacial score (nSPS) is 18.0. The highest BCUT2D eigenvalue weighted by atomic mass is 32.1. The van der Waals surface area contributed by atoms with Gasteiger partial charge in [-0.25, -0.2) is 9.78 Å². The van der Waals surface area contributed by atoms with Gasteiger partial charge in [-0.1, -0.05) is 49.2 Å². The predicted octanol–water partition coefficient (Wildman–Crippen LogP) is 4.31. The van der Waals surface area contributed by atoms with Crippen LogP contribution in [0.25, 0.3) is 11.5 Å². The number of rotatable bonds is 12. The molecule has 2 saturated heterocycles. The van der Waals surface area contributed by atoms with Crippen molar-refractivity contribution in [1.82, 2.24) is 35.3 Å². The summed E-state index contributed by atoms with van der Waals surface area (Å²) >= 11 is 4.22. The first-order chi connectivity index (χ1) is 30.4. The first-order valence-corrected chi connectivity index (χ1v) is 21.1. The van der Waals surface area contributed by atoms with Crippen LogP contribution in [0.4, 0.5) is 23.1 Å². The summed E-state index contributed by atoms with van der Waals surface area (Å²) in [6.07, 6.45) is 3.83. The lowest BCUT2D eigenvalue weighted by atomic mass is 9.95. The average molecular weight is 875 g/mol. The maximum Gasteiger partial charge on any atom is 0.339 e. The van der Waals surface area contributed by atoms with Crippen LogP contribution in [0.15, 0.2) is 77.3 Å². The molecule has 4 N–H and O–H groups in total. The number of anilines is 4. The number of hydrogen-bond acceptors (Lipinski definition) is 17. The lowest BCUT2D eigenvalue weighted by Gasteiger charge is -2.36. The summed E-state index contributed by atoms with van der Waals surface area (Å²) in [4.78, 5) is 77.5. The molecule has 9 rings (SSSR count). The van der Waals surface area contributed by atoms with Crippen LogP contribution in [0.5, 0.6) is 0 Å². The Bertz CT molecular complexity index is 2560. The second-order valence-electron chi connectivity index (χ2n) is 15.9. The van der Waals surface area contributed by atoms with E-state index < -0.39 is 35.3 Å². The molecule has 1 unspecified atom stereocenters. The number of hydrogen-bond donors (Lipinski definition) is 5. The fourth-order valence-electron chi connectivity index (χ4n) is 8.12. The van der Waals surface area contributed by atoms with Crippen molar-refractivity contribution in [1.29, 1.82) is 0 Å². The molecule has 2 aromatic heterocycles. The van der Waals surface area contributed by atoms with Crippen LogP contribution in [-0.4, -0.2) is 110 Å². The topological polar surface area (TPSA) is 225 Å². The van der Waals surface area contributed by atoms with Gasteiger partial charge in [0.1, 0.15) is 17.2 Å². The molecule has 4 aliphatic heterocycles. The number of carbonyl (C=O) groups excluding carboxylic acids is 5. The fourth-order valence-corrected chi connectivity index (χ4v) is 8.29. The van der Waals surface area contributed by atoms with Crippen molar-refractivity contribution in [2.24, 2.45) is 0 Å². The van der Waals surface area contributed by atoms with Crippen molar-refractivity contribution in [3.05, 3.63) is 107 Å². The average Bonchev–Trinajstić information content (AvgIpc) is 3.92. The number of fused-ring (bicyclic) bond motifs is 2. The number of ether oxygens (including phenoxy) is 1. The minimum absolute atomic E-state index is 0.0704. The summed E-state index contributed by atoms with van der Waals surface area (Å²) in [5.74, 6) is -1.03. The molecule has 0 saturated carbocycles. The van der Waals surface area contributed by atoms with Gasteiger partial charge in [0, 0.05) is 63.1 Å². The van der Waals surface area contributed by atoms with Crippen LogP contribution in [-0.2, 0) is 32.8 Å². The van der Waals surface area contributed by atoms with E-state index in [4.69, 9.17) is 14.3 Å². The van der Waals surface area contributed by atoms with Gasteiger partial charge in [-0.15, -0.1) is 10.2 Å². The van der Waals surface area contributed by atoms with Crippen LogP contribution in [0.3, 0.4) is 0 Å². The Morgan fingerprint density at radius 2 is 1.70 bits per heavy atom. The Hall–Kier alpha value is -6.70. The van der Waals surface area contributed by atoms with E-state index in [-0.39, 0.29) is 36.9 Å². The molecule has 2 fully saturated rings. The minimum Gasteiger partial charge on any atom is -0.451 e. The number of amides is 4. The summed E-state index contributed by atoms with van der Waals surface area (Å²) < 4.78 is 14.2. The molecule has 19 heteroatoms. The number of piperazine rings is 1. The standard InChI is InChI=1S/C36H36N10O7S.C8H10O/c1-36(2)23-17-19(8-9-20(23)34(51)53-36)38-35-37-18-22(29(40-35)43-54)31-42-41-27(52-31)7-4-12-44-13-15-45(16-14-44)24-6-3-5-21-28(24)33(50)46(32(21)49)25-10-11-26(47)39-30(25)48;9-7-6-8-4-2-1-3-5-8/h3,5-6,8-9,17-18,25,54H,4,7,10-16H2,1-2H3,(H,39,47,48)(H2,37,38,40,43);1-5,9H,6-7H2. The molecule has 326 valence electrons. The van der Waals surface area contributed by atoms with Gasteiger partial charge in [0.15, 0.2) is 5.82 Å². The first-order valence-electron chi connectivity index (χ1n) is 20.7. The molecule has 0 radical (unpaired) electrons. The summed E-state index contributed by atoms with van der Waals surface area (Å²) in [6, 6.07) is 19.5. The van der Waals surface area contributed by atoms with Crippen molar-refractivity contribution in [3.63, 3.8) is 0 Å². The van der Waals surface area contributed by atoms with Gasteiger partial charge in [0.25, 0.3) is 17.7 Å². The van der Waals surface area contributed by atoms with E-state index in [1.165, 1.54) is 5.56 Å². The van der Waals surface area contributed by atoms with E-state index >= 15 is 0 Å². The number of thiol groups is 1. The number of nitrogens with zero attached hydrogens (tertiary/aromatic N) is 7. The SMILES string of the molecule is CC1(C)OC(=O)c2ccc(Nc3ncc(-c4nnc(CCCN5CCN(c6cccc7c6C(=O)N(C6CCC(=O)NC6=O)C7=O)CC5)o4)c(NS)n3)cc21.OCCc1ccccc1. The van der Waals surface area contributed by atoms with E-state index in [0.717, 1.165) is 42.9 Å². The van der Waals surface area contributed by atoms with E-state index in [1.807, 2.05) is 56.3 Å². The number of nitrogens with one attached hydrogen (secondary N) is 3. The number of esters is 1. The quantitative estimate of drug-likeness (QED) is 0.0669. The van der Waals surface area contributed by atoms with Crippen molar-refractivity contribution < 1.29 is 38.2 Å². The van der Waals surface area contributed by atoms with Gasteiger partial charge in [0.05, 0.1) is 22.4 Å². The van der Waals surface area contributed by atoms with Gasteiger partial charge in [0.2, 0.25) is 23.7 Å². The number of imide groups is 2. The highest BCUT2D eigenvalue weighted by Gasteiger charge is 2.46. The van der Waals surface area contributed by atoms with E-state index in [0.29, 0.717) is 65.2 Å². The zero-order valence-corrected chi connectivity index (χ0v) is 35.6. The number of carbonyl (C=O) groups is 5. The van der Waals surface area contributed by atoms with Crippen molar-refractivity contribution >= 4 is 65.6 Å². The molecule has 6 heterocycles. The van der Waals surface area contributed by atoms with E-state index in [9.17, 15) is 24.0 Å². The number of benzene rings is 3. The first kappa shape index (κ1) is 43.0. The third-order valence-corrected chi connectivity index (χ3v) is 11.6. The van der Waals surface area contributed by atoms with E-state index in [2.05, 4.69) is 58.1 Å². The van der Waals surface area contributed by atoms with Gasteiger partial charge >= 0.3 is 5.97 Å². The monoisotopic (exact) mass is 874 g/mol. The van der Waals surface area contributed by atoms with Gasteiger partial charge in [-0.2, -0.15) is 4.98 Å².